The minimum absolute atomic E-state index is 0.0158. The van der Waals surface area contributed by atoms with Crippen LogP contribution in [0.5, 0.6) is 0 Å². The highest BCUT2D eigenvalue weighted by Gasteiger charge is 2.36. The van der Waals surface area contributed by atoms with Crippen molar-refractivity contribution in [3.8, 4) is 0 Å². The van der Waals surface area contributed by atoms with Crippen LogP contribution in [0, 0.1) is 0 Å². The van der Waals surface area contributed by atoms with Crippen molar-refractivity contribution in [2.24, 2.45) is 0 Å². The van der Waals surface area contributed by atoms with Gasteiger partial charge in [0.05, 0.1) is 11.8 Å². The molecule has 2 heterocycles. The summed E-state index contributed by atoms with van der Waals surface area (Å²) in [5.41, 5.74) is 0. The molecule has 2 aliphatic rings. The summed E-state index contributed by atoms with van der Waals surface area (Å²) in [6, 6.07) is -0.278. The first-order chi connectivity index (χ1) is 8.53. The van der Waals surface area contributed by atoms with Crippen molar-refractivity contribution in [3.63, 3.8) is 0 Å². The van der Waals surface area contributed by atoms with Crippen LogP contribution in [0.2, 0.25) is 0 Å². The smallest absolute Gasteiger partial charge is 0.239 e. The number of nitrogens with zero attached hydrogens (tertiary/aromatic N) is 1. The Labute approximate surface area is 108 Å². The van der Waals surface area contributed by atoms with Gasteiger partial charge in [-0.25, -0.2) is 13.1 Å². The second-order valence-corrected chi connectivity index (χ2v) is 6.93. The number of nitrogens with one attached hydrogen (secondary N) is 2. The van der Waals surface area contributed by atoms with E-state index in [0.29, 0.717) is 6.54 Å². The Kier molecular flexibility index (Phi) is 4.24. The standard InChI is InChI=1S/C11H21N3O3S/c1-12-18(16,17)8-9-4-3-7-14(9)11(15)10-5-2-6-13-10/h9-10,12-13H,2-8H2,1H3. The lowest BCUT2D eigenvalue weighted by Crippen LogP contribution is -2.48. The average Bonchev–Trinajstić information content (AvgIpc) is 2.98. The van der Waals surface area contributed by atoms with Crippen molar-refractivity contribution in [2.45, 2.75) is 37.8 Å². The zero-order valence-corrected chi connectivity index (χ0v) is 11.5. The highest BCUT2D eigenvalue weighted by molar-refractivity contribution is 7.89. The summed E-state index contributed by atoms with van der Waals surface area (Å²) < 4.78 is 25.5. The monoisotopic (exact) mass is 275 g/mol. The largest absolute Gasteiger partial charge is 0.337 e. The predicted molar refractivity (Wildman–Crippen MR) is 68.6 cm³/mol. The number of amides is 1. The Bertz CT molecular complexity index is 404. The fourth-order valence-corrected chi connectivity index (χ4v) is 3.75. The van der Waals surface area contributed by atoms with Crippen LogP contribution in [-0.4, -0.2) is 57.2 Å². The Hall–Kier alpha value is -0.660. The lowest BCUT2D eigenvalue weighted by molar-refractivity contribution is -0.133. The SMILES string of the molecule is CNS(=O)(=O)CC1CCCN1C(=O)C1CCCN1. The zero-order chi connectivity index (χ0) is 13.2. The van der Waals surface area contributed by atoms with Gasteiger partial charge in [-0.15, -0.1) is 0 Å². The van der Waals surface area contributed by atoms with Gasteiger partial charge in [0, 0.05) is 12.6 Å². The quantitative estimate of drug-likeness (QED) is 0.710. The van der Waals surface area contributed by atoms with E-state index >= 15 is 0 Å². The third-order valence-electron chi connectivity index (χ3n) is 3.74. The van der Waals surface area contributed by atoms with Crippen molar-refractivity contribution in [1.29, 1.82) is 0 Å². The molecule has 2 fully saturated rings. The number of hydrogen-bond acceptors (Lipinski definition) is 4. The summed E-state index contributed by atoms with van der Waals surface area (Å²) in [6.07, 6.45) is 3.55. The Balaban J connectivity index is 2.00. The van der Waals surface area contributed by atoms with E-state index in [0.717, 1.165) is 32.2 Å². The molecule has 2 saturated heterocycles. The van der Waals surface area contributed by atoms with Gasteiger partial charge in [0.2, 0.25) is 15.9 Å². The van der Waals surface area contributed by atoms with Gasteiger partial charge in [-0.2, -0.15) is 0 Å². The van der Waals surface area contributed by atoms with Gasteiger partial charge >= 0.3 is 0 Å². The number of carbonyl (C=O) groups excluding carboxylic acids is 1. The summed E-state index contributed by atoms with van der Waals surface area (Å²) in [7, 11) is -1.85. The van der Waals surface area contributed by atoms with Crippen LogP contribution in [0.3, 0.4) is 0 Å². The Morgan fingerprint density at radius 2 is 2.17 bits per heavy atom. The minimum Gasteiger partial charge on any atom is -0.337 e. The van der Waals surface area contributed by atoms with Gasteiger partial charge in [0.25, 0.3) is 0 Å². The van der Waals surface area contributed by atoms with Crippen molar-refractivity contribution >= 4 is 15.9 Å². The van der Waals surface area contributed by atoms with E-state index in [1.807, 2.05) is 0 Å². The molecule has 2 rings (SSSR count). The molecule has 104 valence electrons. The molecule has 18 heavy (non-hydrogen) atoms. The van der Waals surface area contributed by atoms with Gasteiger partial charge in [-0.3, -0.25) is 4.79 Å². The molecule has 6 nitrogen and oxygen atoms in total. The molecular weight excluding hydrogens is 254 g/mol. The molecule has 2 aliphatic heterocycles. The second kappa shape index (κ2) is 5.54. The molecule has 0 aliphatic carbocycles. The normalized spacial score (nSPS) is 28.8. The first-order valence-corrected chi connectivity index (χ1v) is 8.14. The van der Waals surface area contributed by atoms with E-state index in [1.54, 1.807) is 4.90 Å². The number of rotatable bonds is 4. The molecule has 0 aromatic heterocycles. The van der Waals surface area contributed by atoms with Crippen LogP contribution in [0.15, 0.2) is 0 Å². The summed E-state index contributed by atoms with van der Waals surface area (Å²) >= 11 is 0. The van der Waals surface area contributed by atoms with Crippen LogP contribution < -0.4 is 10.0 Å². The Morgan fingerprint density at radius 3 is 2.78 bits per heavy atom. The predicted octanol–water partition coefficient (Wildman–Crippen LogP) is -0.721. The third-order valence-corrected chi connectivity index (χ3v) is 5.19. The van der Waals surface area contributed by atoms with E-state index in [2.05, 4.69) is 10.0 Å². The van der Waals surface area contributed by atoms with Crippen molar-refractivity contribution in [1.82, 2.24) is 14.9 Å². The van der Waals surface area contributed by atoms with Gasteiger partial charge in [0.15, 0.2) is 0 Å². The van der Waals surface area contributed by atoms with Gasteiger partial charge < -0.3 is 10.2 Å². The molecule has 0 aromatic rings. The zero-order valence-electron chi connectivity index (χ0n) is 10.7. The molecule has 0 aromatic carbocycles. The second-order valence-electron chi connectivity index (χ2n) is 4.96. The first kappa shape index (κ1) is 13.8. The van der Waals surface area contributed by atoms with Gasteiger partial charge in [-0.1, -0.05) is 0 Å². The molecule has 2 atom stereocenters. The maximum Gasteiger partial charge on any atom is 0.239 e. The number of carbonyl (C=O) groups is 1. The summed E-state index contributed by atoms with van der Waals surface area (Å²) in [4.78, 5) is 14.0. The van der Waals surface area contributed by atoms with E-state index in [-0.39, 0.29) is 23.7 Å². The molecule has 0 bridgehead atoms. The van der Waals surface area contributed by atoms with Gasteiger partial charge in [0.1, 0.15) is 0 Å². The van der Waals surface area contributed by atoms with Crippen molar-refractivity contribution in [3.05, 3.63) is 0 Å². The molecule has 2 unspecified atom stereocenters. The van der Waals surface area contributed by atoms with Crippen molar-refractivity contribution < 1.29 is 13.2 Å². The summed E-state index contributed by atoms with van der Waals surface area (Å²) in [6.45, 7) is 1.56. The molecular formula is C11H21N3O3S. The number of likely N-dealkylation sites (tertiary alicyclic amines) is 1. The van der Waals surface area contributed by atoms with E-state index in [4.69, 9.17) is 0 Å². The van der Waals surface area contributed by atoms with Gasteiger partial charge in [-0.05, 0) is 39.3 Å². The third kappa shape index (κ3) is 3.02. The van der Waals surface area contributed by atoms with Crippen LogP contribution in [0.1, 0.15) is 25.7 Å². The molecule has 2 N–H and O–H groups in total. The van der Waals surface area contributed by atoms with E-state index in [1.165, 1.54) is 7.05 Å². The maximum absolute atomic E-state index is 12.3. The Morgan fingerprint density at radius 1 is 1.39 bits per heavy atom. The van der Waals surface area contributed by atoms with E-state index < -0.39 is 10.0 Å². The number of hydrogen-bond donors (Lipinski definition) is 2. The van der Waals surface area contributed by atoms with Crippen LogP contribution >= 0.6 is 0 Å². The molecule has 7 heteroatoms. The summed E-state index contributed by atoms with van der Waals surface area (Å²) in [5.74, 6) is 0.0865. The van der Waals surface area contributed by atoms with Crippen LogP contribution in [-0.2, 0) is 14.8 Å². The molecule has 0 radical (unpaired) electrons. The van der Waals surface area contributed by atoms with Crippen LogP contribution in [0.4, 0.5) is 0 Å². The first-order valence-electron chi connectivity index (χ1n) is 6.48. The highest BCUT2D eigenvalue weighted by Crippen LogP contribution is 2.21. The fraction of sp³-hybridized carbons (Fsp3) is 0.909. The maximum atomic E-state index is 12.3. The minimum atomic E-state index is -3.26. The highest BCUT2D eigenvalue weighted by atomic mass is 32.2. The average molecular weight is 275 g/mol. The fourth-order valence-electron chi connectivity index (χ4n) is 2.73. The molecule has 1 amide bonds. The summed E-state index contributed by atoms with van der Waals surface area (Å²) in [5, 5.41) is 3.17. The lowest BCUT2D eigenvalue weighted by Gasteiger charge is -2.27. The van der Waals surface area contributed by atoms with E-state index in [9.17, 15) is 13.2 Å². The van der Waals surface area contributed by atoms with Crippen molar-refractivity contribution in [2.75, 3.05) is 25.9 Å². The molecule has 0 saturated carbocycles. The number of sulfonamides is 1. The lowest BCUT2D eigenvalue weighted by atomic mass is 10.2. The van der Waals surface area contributed by atoms with Crippen LogP contribution in [0.25, 0.3) is 0 Å². The molecule has 0 spiro atoms. The topological polar surface area (TPSA) is 78.5 Å².